The lowest BCUT2D eigenvalue weighted by Gasteiger charge is -2.31. The van der Waals surface area contributed by atoms with Gasteiger partial charge in [-0.25, -0.2) is 0 Å². The molecule has 2 heterocycles. The summed E-state index contributed by atoms with van der Waals surface area (Å²) in [6, 6.07) is 0.497. The lowest BCUT2D eigenvalue weighted by atomic mass is 9.97. The molecule has 1 aliphatic heterocycles. The molecule has 0 atom stereocenters. The topological polar surface area (TPSA) is 54.2 Å². The van der Waals surface area contributed by atoms with Crippen LogP contribution < -0.4 is 5.32 Å². The van der Waals surface area contributed by atoms with Gasteiger partial charge >= 0.3 is 0 Å². The van der Waals surface area contributed by atoms with Gasteiger partial charge in [-0.15, -0.1) is 0 Å². The molecule has 21 heavy (non-hydrogen) atoms. The van der Waals surface area contributed by atoms with E-state index < -0.39 is 0 Å². The van der Waals surface area contributed by atoms with Crippen LogP contribution in [-0.4, -0.2) is 40.7 Å². The minimum atomic E-state index is -0.0804. The van der Waals surface area contributed by atoms with Gasteiger partial charge in [0.1, 0.15) is 0 Å². The molecule has 1 aliphatic rings. The SMILES string of the molecule is CC(C)N(Cc1noc(C(C)(C)C)n1)CC1CCNCC1. The zero-order chi connectivity index (χ0) is 15.5. The Morgan fingerprint density at radius 2 is 1.95 bits per heavy atom. The van der Waals surface area contributed by atoms with Crippen molar-refractivity contribution in [1.29, 1.82) is 0 Å². The van der Waals surface area contributed by atoms with Crippen molar-refractivity contribution in [2.45, 2.75) is 65.5 Å². The van der Waals surface area contributed by atoms with Crippen molar-refractivity contribution in [2.24, 2.45) is 5.92 Å². The molecule has 1 fully saturated rings. The lowest BCUT2D eigenvalue weighted by Crippen LogP contribution is -2.39. The van der Waals surface area contributed by atoms with Crippen LogP contribution in [0.2, 0.25) is 0 Å². The summed E-state index contributed by atoms with van der Waals surface area (Å²) in [6.07, 6.45) is 2.53. The molecule has 0 aromatic carbocycles. The predicted molar refractivity (Wildman–Crippen MR) is 84.1 cm³/mol. The molecule has 5 nitrogen and oxygen atoms in total. The third-order valence-electron chi connectivity index (χ3n) is 4.14. The fraction of sp³-hybridized carbons (Fsp3) is 0.875. The van der Waals surface area contributed by atoms with E-state index in [2.05, 4.69) is 55.0 Å². The summed E-state index contributed by atoms with van der Waals surface area (Å²) in [5.74, 6) is 2.31. The minimum absolute atomic E-state index is 0.0804. The van der Waals surface area contributed by atoms with Crippen molar-refractivity contribution in [2.75, 3.05) is 19.6 Å². The summed E-state index contributed by atoms with van der Waals surface area (Å²) < 4.78 is 5.40. The summed E-state index contributed by atoms with van der Waals surface area (Å²) in [5.41, 5.74) is -0.0804. The molecule has 0 radical (unpaired) electrons. The van der Waals surface area contributed by atoms with Crippen LogP contribution in [0.4, 0.5) is 0 Å². The Kier molecular flexibility index (Phi) is 5.38. The maximum Gasteiger partial charge on any atom is 0.232 e. The van der Waals surface area contributed by atoms with Gasteiger partial charge in [-0.05, 0) is 45.7 Å². The molecule has 0 spiro atoms. The van der Waals surface area contributed by atoms with E-state index in [1.807, 2.05) is 0 Å². The highest BCUT2D eigenvalue weighted by Crippen LogP contribution is 2.21. The number of nitrogens with one attached hydrogen (secondary N) is 1. The van der Waals surface area contributed by atoms with Crippen LogP contribution >= 0.6 is 0 Å². The zero-order valence-electron chi connectivity index (χ0n) is 14.1. The smallest absolute Gasteiger partial charge is 0.232 e. The molecule has 0 amide bonds. The summed E-state index contributed by atoms with van der Waals surface area (Å²) in [4.78, 5) is 7.03. The van der Waals surface area contributed by atoms with Gasteiger partial charge in [0.2, 0.25) is 5.89 Å². The van der Waals surface area contributed by atoms with Crippen molar-refractivity contribution >= 4 is 0 Å². The molecule has 1 aromatic heterocycles. The molecule has 0 bridgehead atoms. The maximum atomic E-state index is 5.40. The first-order valence-corrected chi connectivity index (χ1v) is 8.14. The van der Waals surface area contributed by atoms with Gasteiger partial charge in [0.25, 0.3) is 0 Å². The first-order chi connectivity index (χ1) is 9.86. The highest BCUT2D eigenvalue weighted by molar-refractivity contribution is 4.98. The number of rotatable bonds is 5. The van der Waals surface area contributed by atoms with Crippen LogP contribution in [0, 0.1) is 5.92 Å². The molecule has 1 saturated heterocycles. The van der Waals surface area contributed by atoms with E-state index in [0.717, 1.165) is 43.8 Å². The standard InChI is InChI=1S/C16H30N4O/c1-12(2)20(10-13-6-8-17-9-7-13)11-14-18-15(21-19-14)16(3,4)5/h12-13,17H,6-11H2,1-5H3. The Bertz CT molecular complexity index is 430. The van der Waals surface area contributed by atoms with Gasteiger partial charge in [0, 0.05) is 18.0 Å². The maximum absolute atomic E-state index is 5.40. The molecular formula is C16H30N4O. The highest BCUT2D eigenvalue weighted by Gasteiger charge is 2.24. The Hall–Kier alpha value is -0.940. The number of aromatic nitrogens is 2. The molecule has 0 saturated carbocycles. The number of hydrogen-bond donors (Lipinski definition) is 1. The van der Waals surface area contributed by atoms with Gasteiger partial charge in [0.15, 0.2) is 5.82 Å². The Balaban J connectivity index is 1.97. The normalized spacial score (nSPS) is 17.9. The van der Waals surface area contributed by atoms with Crippen LogP contribution in [-0.2, 0) is 12.0 Å². The summed E-state index contributed by atoms with van der Waals surface area (Å²) in [5, 5.41) is 7.59. The van der Waals surface area contributed by atoms with E-state index in [1.165, 1.54) is 12.8 Å². The fourth-order valence-corrected chi connectivity index (χ4v) is 2.66. The number of hydrogen-bond acceptors (Lipinski definition) is 5. The zero-order valence-corrected chi connectivity index (χ0v) is 14.1. The number of nitrogens with zero attached hydrogens (tertiary/aromatic N) is 3. The second-order valence-electron chi connectivity index (χ2n) is 7.48. The third-order valence-corrected chi connectivity index (χ3v) is 4.14. The van der Waals surface area contributed by atoms with Crippen molar-refractivity contribution in [3.8, 4) is 0 Å². The molecule has 0 unspecified atom stereocenters. The van der Waals surface area contributed by atoms with Crippen LogP contribution in [0.3, 0.4) is 0 Å². The predicted octanol–water partition coefficient (Wildman–Crippen LogP) is 2.58. The largest absolute Gasteiger partial charge is 0.339 e. The van der Waals surface area contributed by atoms with Gasteiger partial charge in [-0.3, -0.25) is 4.90 Å². The van der Waals surface area contributed by atoms with Crippen LogP contribution in [0.5, 0.6) is 0 Å². The fourth-order valence-electron chi connectivity index (χ4n) is 2.66. The summed E-state index contributed by atoms with van der Waals surface area (Å²) in [6.45, 7) is 15.0. The number of piperidine rings is 1. The van der Waals surface area contributed by atoms with E-state index in [1.54, 1.807) is 0 Å². The molecule has 120 valence electrons. The van der Waals surface area contributed by atoms with Crippen molar-refractivity contribution in [3.63, 3.8) is 0 Å². The van der Waals surface area contributed by atoms with Gasteiger partial charge in [0.05, 0.1) is 6.54 Å². The van der Waals surface area contributed by atoms with Crippen LogP contribution in [0.25, 0.3) is 0 Å². The first kappa shape index (κ1) is 16.4. The first-order valence-electron chi connectivity index (χ1n) is 8.14. The summed E-state index contributed by atoms with van der Waals surface area (Å²) in [7, 11) is 0. The Morgan fingerprint density at radius 1 is 1.29 bits per heavy atom. The third kappa shape index (κ3) is 4.78. The molecule has 1 aromatic rings. The van der Waals surface area contributed by atoms with E-state index >= 15 is 0 Å². The van der Waals surface area contributed by atoms with Crippen LogP contribution in [0.1, 0.15) is 59.2 Å². The van der Waals surface area contributed by atoms with Gasteiger partial charge in [-0.2, -0.15) is 4.98 Å². The van der Waals surface area contributed by atoms with Crippen molar-refractivity contribution in [3.05, 3.63) is 11.7 Å². The highest BCUT2D eigenvalue weighted by atomic mass is 16.5. The second-order valence-corrected chi connectivity index (χ2v) is 7.48. The van der Waals surface area contributed by atoms with Gasteiger partial charge in [-0.1, -0.05) is 25.9 Å². The molecule has 0 aliphatic carbocycles. The lowest BCUT2D eigenvalue weighted by molar-refractivity contribution is 0.156. The van der Waals surface area contributed by atoms with Crippen molar-refractivity contribution in [1.82, 2.24) is 20.4 Å². The molecular weight excluding hydrogens is 264 g/mol. The Labute approximate surface area is 128 Å². The summed E-state index contributed by atoms with van der Waals surface area (Å²) >= 11 is 0. The monoisotopic (exact) mass is 294 g/mol. The quantitative estimate of drug-likeness (QED) is 0.904. The molecule has 2 rings (SSSR count). The minimum Gasteiger partial charge on any atom is -0.339 e. The van der Waals surface area contributed by atoms with E-state index in [9.17, 15) is 0 Å². The van der Waals surface area contributed by atoms with Crippen LogP contribution in [0.15, 0.2) is 4.52 Å². The van der Waals surface area contributed by atoms with Gasteiger partial charge < -0.3 is 9.84 Å². The Morgan fingerprint density at radius 3 is 2.48 bits per heavy atom. The van der Waals surface area contributed by atoms with E-state index in [-0.39, 0.29) is 5.41 Å². The van der Waals surface area contributed by atoms with E-state index in [0.29, 0.717) is 6.04 Å². The average molecular weight is 294 g/mol. The van der Waals surface area contributed by atoms with Crippen molar-refractivity contribution < 1.29 is 4.52 Å². The molecule has 1 N–H and O–H groups in total. The molecule has 5 heteroatoms. The van der Waals surface area contributed by atoms with E-state index in [4.69, 9.17) is 4.52 Å². The second kappa shape index (κ2) is 6.88. The average Bonchev–Trinajstić information content (AvgIpc) is 2.87.